The van der Waals surface area contributed by atoms with Crippen molar-refractivity contribution in [3.8, 4) is 0 Å². The molecule has 3 rings (SSSR count). The number of ketones is 1. The van der Waals surface area contributed by atoms with Crippen LogP contribution in [-0.2, 0) is 0 Å². The van der Waals surface area contributed by atoms with Crippen LogP contribution < -0.4 is 11.3 Å². The van der Waals surface area contributed by atoms with Gasteiger partial charge < -0.3 is 5.84 Å². The fraction of sp³-hybridized carbons (Fsp3) is 0.0667. The van der Waals surface area contributed by atoms with E-state index in [2.05, 4.69) is 36.7 Å². The maximum Gasteiger partial charge on any atom is 0.264 e. The summed E-state index contributed by atoms with van der Waals surface area (Å²) in [7, 11) is 0. The molecule has 0 saturated heterocycles. The Kier molecular flexibility index (Phi) is 5.84. The number of halogens is 1. The number of aromatic nitrogens is 3. The van der Waals surface area contributed by atoms with Crippen LogP contribution in [0.25, 0.3) is 0 Å². The third-order valence-corrected chi connectivity index (χ3v) is 5.34. The van der Waals surface area contributed by atoms with Crippen molar-refractivity contribution in [3.63, 3.8) is 0 Å². The number of benzene rings is 1. The first-order chi connectivity index (χ1) is 12.1. The average molecular weight is 437 g/mol. The minimum absolute atomic E-state index is 0.00859. The lowest BCUT2D eigenvalue weighted by atomic mass is 10.2. The zero-order chi connectivity index (χ0) is 17.6. The lowest BCUT2D eigenvalue weighted by Gasteiger charge is -2.03. The number of hydrazone groups is 1. The lowest BCUT2D eigenvalue weighted by molar-refractivity contribution is 0.102. The van der Waals surface area contributed by atoms with Crippen LogP contribution in [0, 0.1) is 0 Å². The molecule has 3 N–H and O–H groups in total. The molecule has 0 radical (unpaired) electrons. The number of thioether (sulfide) groups is 1. The van der Waals surface area contributed by atoms with E-state index in [1.807, 2.05) is 29.6 Å². The van der Waals surface area contributed by atoms with Crippen LogP contribution in [0.4, 0.5) is 5.95 Å². The molecule has 0 aliphatic carbocycles. The maximum absolute atomic E-state index is 12.2. The highest BCUT2D eigenvalue weighted by molar-refractivity contribution is 9.10. The van der Waals surface area contributed by atoms with Crippen LogP contribution in [0.3, 0.4) is 0 Å². The topological polar surface area (TPSA) is 98.2 Å². The molecule has 0 aliphatic rings. The number of rotatable bonds is 7. The zero-order valence-corrected chi connectivity index (χ0v) is 16.0. The first-order valence-electron chi connectivity index (χ1n) is 7.08. The summed E-state index contributed by atoms with van der Waals surface area (Å²) in [6, 6.07) is 11.1. The number of nitrogens with one attached hydrogen (secondary N) is 1. The summed E-state index contributed by atoms with van der Waals surface area (Å²) in [5.74, 6) is 6.43. The normalized spacial score (nSPS) is 11.1. The Bertz CT molecular complexity index is 876. The van der Waals surface area contributed by atoms with E-state index in [9.17, 15) is 4.79 Å². The summed E-state index contributed by atoms with van der Waals surface area (Å²) >= 11 is 6.13. The summed E-state index contributed by atoms with van der Waals surface area (Å²) < 4.78 is 2.20. The van der Waals surface area contributed by atoms with Gasteiger partial charge in [0.25, 0.3) is 5.95 Å². The third kappa shape index (κ3) is 4.68. The molecule has 10 heteroatoms. The Labute approximate surface area is 160 Å². The molecule has 0 spiro atoms. The standard InChI is InChI=1S/C15H13BrN6OS2/c16-11-5-3-10(4-6-11)13(23)9-25-15-21-20-14(22(15)17)19-18-8-12-2-1-7-24-12/h1-8H,9,17H2,(H,19,20)/b18-8+. The molecule has 7 nitrogen and oxygen atoms in total. The van der Waals surface area contributed by atoms with Gasteiger partial charge in [0, 0.05) is 14.9 Å². The highest BCUT2D eigenvalue weighted by Crippen LogP contribution is 2.19. The van der Waals surface area contributed by atoms with Gasteiger partial charge in [0.2, 0.25) is 5.16 Å². The molecule has 0 fully saturated rings. The van der Waals surface area contributed by atoms with Crippen molar-refractivity contribution < 1.29 is 4.79 Å². The number of hydrogen-bond acceptors (Lipinski definition) is 8. The number of anilines is 1. The van der Waals surface area contributed by atoms with E-state index in [1.165, 1.54) is 16.4 Å². The molecule has 2 aromatic heterocycles. The van der Waals surface area contributed by atoms with E-state index in [1.54, 1.807) is 29.7 Å². The molecule has 3 aromatic rings. The third-order valence-electron chi connectivity index (χ3n) is 3.06. The van der Waals surface area contributed by atoms with Crippen LogP contribution in [0.2, 0.25) is 0 Å². The second kappa shape index (κ2) is 8.28. The van der Waals surface area contributed by atoms with Crippen molar-refractivity contribution in [3.05, 3.63) is 56.7 Å². The van der Waals surface area contributed by atoms with E-state index >= 15 is 0 Å². The second-order valence-electron chi connectivity index (χ2n) is 4.78. The summed E-state index contributed by atoms with van der Waals surface area (Å²) in [5.41, 5.74) is 3.37. The molecule has 25 heavy (non-hydrogen) atoms. The smallest absolute Gasteiger partial charge is 0.264 e. The number of nitrogens with zero attached hydrogens (tertiary/aromatic N) is 4. The van der Waals surface area contributed by atoms with Crippen LogP contribution in [-0.4, -0.2) is 32.6 Å². The van der Waals surface area contributed by atoms with E-state index in [-0.39, 0.29) is 11.5 Å². The number of hydrogen-bond donors (Lipinski definition) is 2. The predicted molar refractivity (Wildman–Crippen MR) is 105 cm³/mol. The quantitative estimate of drug-likeness (QED) is 0.194. The monoisotopic (exact) mass is 436 g/mol. The molecule has 0 atom stereocenters. The molecule has 128 valence electrons. The largest absolute Gasteiger partial charge is 0.334 e. The van der Waals surface area contributed by atoms with Gasteiger partial charge >= 0.3 is 0 Å². The van der Waals surface area contributed by atoms with Crippen molar-refractivity contribution in [1.29, 1.82) is 0 Å². The number of nitrogens with two attached hydrogens (primary N) is 1. The maximum atomic E-state index is 12.2. The Morgan fingerprint density at radius 2 is 2.16 bits per heavy atom. The van der Waals surface area contributed by atoms with Gasteiger partial charge in [0.1, 0.15) is 0 Å². The van der Waals surface area contributed by atoms with E-state index in [0.717, 1.165) is 9.35 Å². The summed E-state index contributed by atoms with van der Waals surface area (Å²) in [5, 5.41) is 14.3. The first kappa shape index (κ1) is 17.6. The number of thiophene rings is 1. The van der Waals surface area contributed by atoms with Gasteiger partial charge in [-0.15, -0.1) is 21.5 Å². The molecule has 0 unspecified atom stereocenters. The van der Waals surface area contributed by atoms with Gasteiger partial charge in [-0.1, -0.05) is 45.9 Å². The van der Waals surface area contributed by atoms with E-state index < -0.39 is 0 Å². The van der Waals surface area contributed by atoms with Gasteiger partial charge in [-0.05, 0) is 23.6 Å². The lowest BCUT2D eigenvalue weighted by Crippen LogP contribution is -2.14. The van der Waals surface area contributed by atoms with Crippen molar-refractivity contribution in [2.24, 2.45) is 5.10 Å². The van der Waals surface area contributed by atoms with Crippen LogP contribution in [0.15, 0.2) is 56.5 Å². The molecule has 0 saturated carbocycles. The van der Waals surface area contributed by atoms with Gasteiger partial charge in [-0.3, -0.25) is 4.79 Å². The second-order valence-corrected chi connectivity index (χ2v) is 7.62. The molecule has 1 aromatic carbocycles. The van der Waals surface area contributed by atoms with Gasteiger partial charge in [0.15, 0.2) is 5.78 Å². The molecule has 0 amide bonds. The van der Waals surface area contributed by atoms with Crippen LogP contribution in [0.1, 0.15) is 15.2 Å². The van der Waals surface area contributed by atoms with Crippen molar-refractivity contribution in [1.82, 2.24) is 14.9 Å². The summed E-state index contributed by atoms with van der Waals surface area (Å²) in [6.07, 6.45) is 1.67. The molecule has 2 heterocycles. The zero-order valence-electron chi connectivity index (χ0n) is 12.8. The van der Waals surface area contributed by atoms with Crippen molar-refractivity contribution >= 4 is 57.0 Å². The minimum atomic E-state index is -0.00859. The molecular formula is C15H13BrN6OS2. The number of nitrogen functional groups attached to an aromatic ring is 1. The molecule has 0 aliphatic heterocycles. The molecular weight excluding hydrogens is 424 g/mol. The predicted octanol–water partition coefficient (Wildman–Crippen LogP) is 3.24. The SMILES string of the molecule is Nn1c(N/N=C/c2cccs2)nnc1SCC(=O)c1ccc(Br)cc1. The van der Waals surface area contributed by atoms with Gasteiger partial charge in [0.05, 0.1) is 12.0 Å². The van der Waals surface area contributed by atoms with Crippen molar-refractivity contribution in [2.75, 3.05) is 17.0 Å². The Hall–Kier alpha value is -2.17. The van der Waals surface area contributed by atoms with Crippen LogP contribution in [0.5, 0.6) is 0 Å². The minimum Gasteiger partial charge on any atom is -0.334 e. The van der Waals surface area contributed by atoms with Crippen molar-refractivity contribution in [2.45, 2.75) is 5.16 Å². The molecule has 0 bridgehead atoms. The first-order valence-corrected chi connectivity index (χ1v) is 9.74. The van der Waals surface area contributed by atoms with Gasteiger partial charge in [-0.25, -0.2) is 10.1 Å². The number of carbonyl (C=O) groups is 1. The Morgan fingerprint density at radius 3 is 2.88 bits per heavy atom. The number of Topliss-reactive ketones (excluding diaryl/α,β-unsaturated/α-hetero) is 1. The van der Waals surface area contributed by atoms with E-state index in [0.29, 0.717) is 16.7 Å². The summed E-state index contributed by atoms with van der Waals surface area (Å²) in [6.45, 7) is 0. The highest BCUT2D eigenvalue weighted by Gasteiger charge is 2.13. The fourth-order valence-corrected chi connectivity index (χ4v) is 3.42. The highest BCUT2D eigenvalue weighted by atomic mass is 79.9. The van der Waals surface area contributed by atoms with Crippen LogP contribution >= 0.6 is 39.0 Å². The number of carbonyl (C=O) groups excluding carboxylic acids is 1. The average Bonchev–Trinajstić information content (AvgIpc) is 3.24. The summed E-state index contributed by atoms with van der Waals surface area (Å²) in [4.78, 5) is 13.2. The Morgan fingerprint density at radius 1 is 1.36 bits per heavy atom. The Balaban J connectivity index is 1.57. The fourth-order valence-electron chi connectivity index (χ4n) is 1.82. The van der Waals surface area contributed by atoms with E-state index in [4.69, 9.17) is 5.84 Å². The van der Waals surface area contributed by atoms with Gasteiger partial charge in [-0.2, -0.15) is 5.10 Å².